The Labute approximate surface area is 151 Å². The van der Waals surface area contributed by atoms with Crippen LogP contribution in [0, 0.1) is 0 Å². The Morgan fingerprint density at radius 1 is 0.885 bits per heavy atom. The summed E-state index contributed by atoms with van der Waals surface area (Å²) in [5, 5.41) is 0. The predicted octanol–water partition coefficient (Wildman–Crippen LogP) is 4.53. The fourth-order valence-corrected chi connectivity index (χ4v) is 2.73. The third kappa shape index (κ3) is 3.40. The first kappa shape index (κ1) is 17.5. The van der Waals surface area contributed by atoms with Gasteiger partial charge in [0.25, 0.3) is 0 Å². The van der Waals surface area contributed by atoms with Gasteiger partial charge in [-0.25, -0.2) is 4.79 Å². The summed E-state index contributed by atoms with van der Waals surface area (Å²) in [4.78, 5) is 38.2. The van der Waals surface area contributed by atoms with E-state index in [2.05, 4.69) is 0 Å². The number of hydrogen-bond acceptors (Lipinski definition) is 4. The van der Waals surface area contributed by atoms with Crippen LogP contribution in [0.2, 0.25) is 0 Å². The van der Waals surface area contributed by atoms with Crippen molar-refractivity contribution in [1.82, 2.24) is 0 Å². The van der Waals surface area contributed by atoms with Gasteiger partial charge in [-0.05, 0) is 32.4 Å². The van der Waals surface area contributed by atoms with Gasteiger partial charge in [0.05, 0.1) is 11.1 Å². The molecule has 0 saturated heterocycles. The molecule has 0 unspecified atom stereocenters. The number of carbonyl (C=O) groups excluding carboxylic acids is 3. The molecule has 0 aliphatic heterocycles. The molecule has 0 amide bonds. The summed E-state index contributed by atoms with van der Waals surface area (Å²) in [5.41, 5.74) is 2.13. The molecule has 0 N–H and O–H groups in total. The highest BCUT2D eigenvalue weighted by molar-refractivity contribution is 6.26. The van der Waals surface area contributed by atoms with Crippen molar-refractivity contribution in [2.24, 2.45) is 0 Å². The van der Waals surface area contributed by atoms with E-state index in [0.717, 1.165) is 5.57 Å². The van der Waals surface area contributed by atoms with Gasteiger partial charge in [-0.3, -0.25) is 9.59 Å². The van der Waals surface area contributed by atoms with E-state index in [-0.39, 0.29) is 29.1 Å². The van der Waals surface area contributed by atoms with Crippen molar-refractivity contribution < 1.29 is 19.1 Å². The number of hydrogen-bond donors (Lipinski definition) is 0. The normalized spacial score (nSPS) is 13.3. The van der Waals surface area contributed by atoms with Gasteiger partial charge in [0.1, 0.15) is 0 Å². The maximum atomic E-state index is 12.9. The van der Waals surface area contributed by atoms with Gasteiger partial charge in [0.15, 0.2) is 11.5 Å². The number of carbonyl (C=O) groups is 3. The van der Waals surface area contributed by atoms with E-state index in [0.29, 0.717) is 11.1 Å². The van der Waals surface area contributed by atoms with Gasteiger partial charge >= 0.3 is 5.97 Å². The van der Waals surface area contributed by atoms with E-state index in [4.69, 9.17) is 4.74 Å². The lowest BCUT2D eigenvalue weighted by atomic mass is 9.86. The maximum absolute atomic E-state index is 12.9. The monoisotopic (exact) mass is 346 g/mol. The molecule has 0 atom stereocenters. The SMILES string of the molecule is CC(C)=CCC1=C(OC(=O)c2ccccc2)C(=O)c2ccccc2C1=O. The number of rotatable bonds is 4. The van der Waals surface area contributed by atoms with Gasteiger partial charge in [0.2, 0.25) is 5.78 Å². The van der Waals surface area contributed by atoms with Crippen molar-refractivity contribution in [3.8, 4) is 0 Å². The Kier molecular flexibility index (Phi) is 4.94. The highest BCUT2D eigenvalue weighted by Crippen LogP contribution is 2.30. The van der Waals surface area contributed by atoms with Gasteiger partial charge < -0.3 is 4.74 Å². The van der Waals surface area contributed by atoms with Crippen LogP contribution in [0.5, 0.6) is 0 Å². The van der Waals surface area contributed by atoms with Crippen LogP contribution in [0.1, 0.15) is 51.3 Å². The van der Waals surface area contributed by atoms with E-state index in [1.165, 1.54) is 0 Å². The van der Waals surface area contributed by atoms with E-state index in [9.17, 15) is 14.4 Å². The molecule has 4 heteroatoms. The zero-order valence-electron chi connectivity index (χ0n) is 14.6. The summed E-state index contributed by atoms with van der Waals surface area (Å²) >= 11 is 0. The highest BCUT2D eigenvalue weighted by Gasteiger charge is 2.34. The van der Waals surface area contributed by atoms with Gasteiger partial charge in [0, 0.05) is 11.1 Å². The number of esters is 1. The second-order valence-corrected chi connectivity index (χ2v) is 6.25. The topological polar surface area (TPSA) is 60.4 Å². The molecule has 4 nitrogen and oxygen atoms in total. The number of fused-ring (bicyclic) bond motifs is 1. The van der Waals surface area contributed by atoms with Crippen molar-refractivity contribution in [2.45, 2.75) is 20.3 Å². The number of ether oxygens (including phenoxy) is 1. The Morgan fingerprint density at radius 2 is 1.46 bits per heavy atom. The number of allylic oxidation sites excluding steroid dienone is 4. The van der Waals surface area contributed by atoms with Crippen LogP contribution in [0.25, 0.3) is 0 Å². The molecule has 2 aromatic rings. The molecular formula is C22H18O4. The number of benzene rings is 2. The second kappa shape index (κ2) is 7.31. The summed E-state index contributed by atoms with van der Waals surface area (Å²) in [6, 6.07) is 15.0. The maximum Gasteiger partial charge on any atom is 0.343 e. The van der Waals surface area contributed by atoms with Crippen LogP contribution in [0.15, 0.2) is 77.6 Å². The third-order valence-electron chi connectivity index (χ3n) is 4.09. The lowest BCUT2D eigenvalue weighted by Gasteiger charge is -2.20. The Balaban J connectivity index is 2.05. The van der Waals surface area contributed by atoms with Crippen molar-refractivity contribution in [1.29, 1.82) is 0 Å². The zero-order chi connectivity index (χ0) is 18.7. The molecule has 0 bridgehead atoms. The van der Waals surface area contributed by atoms with Crippen molar-refractivity contribution in [3.05, 3.63) is 94.3 Å². The summed E-state index contributed by atoms with van der Waals surface area (Å²) in [6.45, 7) is 3.80. The van der Waals surface area contributed by atoms with Crippen LogP contribution in [-0.2, 0) is 4.74 Å². The Morgan fingerprint density at radius 3 is 2.08 bits per heavy atom. The average Bonchev–Trinajstić information content (AvgIpc) is 2.66. The fourth-order valence-electron chi connectivity index (χ4n) is 2.73. The molecule has 0 fully saturated rings. The van der Waals surface area contributed by atoms with Crippen molar-refractivity contribution in [2.75, 3.05) is 0 Å². The molecular weight excluding hydrogens is 328 g/mol. The number of ketones is 2. The molecule has 1 aliphatic rings. The Bertz CT molecular complexity index is 945. The van der Waals surface area contributed by atoms with Gasteiger partial charge in [-0.15, -0.1) is 0 Å². The lowest BCUT2D eigenvalue weighted by Crippen LogP contribution is -2.25. The zero-order valence-corrected chi connectivity index (χ0v) is 14.6. The first-order valence-electron chi connectivity index (χ1n) is 8.31. The van der Waals surface area contributed by atoms with Crippen LogP contribution < -0.4 is 0 Å². The first-order valence-corrected chi connectivity index (χ1v) is 8.31. The summed E-state index contributed by atoms with van der Waals surface area (Å²) in [6.07, 6.45) is 2.07. The molecule has 3 rings (SSSR count). The van der Waals surface area contributed by atoms with E-state index in [1.54, 1.807) is 54.6 Å². The molecule has 0 saturated carbocycles. The van der Waals surface area contributed by atoms with Gasteiger partial charge in [-0.1, -0.05) is 54.1 Å². The smallest absolute Gasteiger partial charge is 0.343 e. The molecule has 0 heterocycles. The minimum Gasteiger partial charge on any atom is -0.418 e. The average molecular weight is 346 g/mol. The predicted molar refractivity (Wildman–Crippen MR) is 98.0 cm³/mol. The molecule has 26 heavy (non-hydrogen) atoms. The van der Waals surface area contributed by atoms with E-state index in [1.807, 2.05) is 19.9 Å². The lowest BCUT2D eigenvalue weighted by molar-refractivity contribution is 0.0579. The summed E-state index contributed by atoms with van der Waals surface area (Å²) < 4.78 is 5.40. The highest BCUT2D eigenvalue weighted by atomic mass is 16.5. The van der Waals surface area contributed by atoms with E-state index < -0.39 is 11.8 Å². The minimum atomic E-state index is -0.657. The van der Waals surface area contributed by atoms with Crippen LogP contribution in [-0.4, -0.2) is 17.5 Å². The standard InChI is InChI=1S/C22H18O4/c1-14(2)12-13-18-19(23)16-10-6-7-11-17(16)20(24)21(18)26-22(25)15-8-4-3-5-9-15/h3-12H,13H2,1-2H3. The molecule has 1 aliphatic carbocycles. The van der Waals surface area contributed by atoms with Gasteiger partial charge in [-0.2, -0.15) is 0 Å². The largest absolute Gasteiger partial charge is 0.418 e. The number of Topliss-reactive ketones (excluding diaryl/α,β-unsaturated/α-hetero) is 2. The first-order chi connectivity index (χ1) is 12.5. The van der Waals surface area contributed by atoms with Crippen LogP contribution in [0.3, 0.4) is 0 Å². The summed E-state index contributed by atoms with van der Waals surface area (Å²) in [5.74, 6) is -1.56. The molecule has 0 spiro atoms. The molecule has 2 aromatic carbocycles. The van der Waals surface area contributed by atoms with Crippen molar-refractivity contribution in [3.63, 3.8) is 0 Å². The van der Waals surface area contributed by atoms with Crippen LogP contribution in [0.4, 0.5) is 0 Å². The van der Waals surface area contributed by atoms with Crippen molar-refractivity contribution >= 4 is 17.5 Å². The third-order valence-corrected chi connectivity index (χ3v) is 4.09. The second-order valence-electron chi connectivity index (χ2n) is 6.25. The quantitative estimate of drug-likeness (QED) is 0.603. The van der Waals surface area contributed by atoms with Crippen LogP contribution >= 0.6 is 0 Å². The molecule has 0 aromatic heterocycles. The van der Waals surface area contributed by atoms with E-state index >= 15 is 0 Å². The molecule has 130 valence electrons. The minimum absolute atomic E-state index is 0.181. The molecule has 0 radical (unpaired) electrons. The Hall–Kier alpha value is -3.27. The summed E-state index contributed by atoms with van der Waals surface area (Å²) in [7, 11) is 0. The fraction of sp³-hybridized carbons (Fsp3) is 0.136.